The summed E-state index contributed by atoms with van der Waals surface area (Å²) in [6, 6.07) is 63.8. The van der Waals surface area contributed by atoms with Gasteiger partial charge in [-0.15, -0.1) is 22.7 Å². The number of anilines is 3. The topological polar surface area (TPSA) is 16.4 Å². The molecule has 0 aliphatic rings. The molecule has 0 aliphatic heterocycles. The second-order valence-corrected chi connectivity index (χ2v) is 15.5. The van der Waals surface area contributed by atoms with Gasteiger partial charge in [-0.1, -0.05) is 97.1 Å². The molecule has 0 aliphatic carbocycles. The summed E-state index contributed by atoms with van der Waals surface area (Å²) in [6.45, 7) is 0. The van der Waals surface area contributed by atoms with Crippen molar-refractivity contribution in [3.05, 3.63) is 176 Å². The summed E-state index contributed by atoms with van der Waals surface area (Å²) in [4.78, 5) is 2.41. The minimum atomic E-state index is 0.909. The molecular formula is C48H29NOS2. The zero-order chi connectivity index (χ0) is 34.2. The highest BCUT2D eigenvalue weighted by Crippen LogP contribution is 2.46. The van der Waals surface area contributed by atoms with E-state index in [-0.39, 0.29) is 0 Å². The SMILES string of the molecule is c1ccc2c(c1)oc1cc(-c3ccc(N(c4ccc(-c5ccc6sc7ccccc7c6c5)cc4)c4cccc5sc6ccccc6c45)cc3)ccc12. The number of para-hydroxylation sites is 1. The molecule has 11 rings (SSSR count). The van der Waals surface area contributed by atoms with Crippen LogP contribution in [0.1, 0.15) is 0 Å². The van der Waals surface area contributed by atoms with Crippen molar-refractivity contribution in [2.24, 2.45) is 0 Å². The monoisotopic (exact) mass is 699 g/mol. The number of furan rings is 1. The minimum absolute atomic E-state index is 0.909. The number of thiophene rings is 2. The van der Waals surface area contributed by atoms with Gasteiger partial charge in [0.1, 0.15) is 11.2 Å². The van der Waals surface area contributed by atoms with Gasteiger partial charge < -0.3 is 9.32 Å². The molecule has 0 atom stereocenters. The molecule has 0 spiro atoms. The number of benzene rings is 8. The number of hydrogen-bond acceptors (Lipinski definition) is 4. The summed E-state index contributed by atoms with van der Waals surface area (Å²) in [5.41, 5.74) is 9.94. The van der Waals surface area contributed by atoms with E-state index in [9.17, 15) is 0 Å². The van der Waals surface area contributed by atoms with Crippen molar-refractivity contribution in [1.29, 1.82) is 0 Å². The van der Waals surface area contributed by atoms with Gasteiger partial charge in [0, 0.05) is 62.5 Å². The van der Waals surface area contributed by atoms with E-state index in [1.54, 1.807) is 0 Å². The second-order valence-electron chi connectivity index (χ2n) is 13.3. The van der Waals surface area contributed by atoms with Crippen molar-refractivity contribution >= 4 is 102 Å². The second kappa shape index (κ2) is 11.7. The lowest BCUT2D eigenvalue weighted by atomic mass is 10.0. The summed E-state index contributed by atoms with van der Waals surface area (Å²) in [5.74, 6) is 0. The Morgan fingerprint density at radius 1 is 0.346 bits per heavy atom. The fourth-order valence-electron chi connectivity index (χ4n) is 7.79. The van der Waals surface area contributed by atoms with Crippen LogP contribution in [-0.4, -0.2) is 0 Å². The molecule has 0 saturated heterocycles. The van der Waals surface area contributed by atoms with Crippen LogP contribution in [-0.2, 0) is 0 Å². The van der Waals surface area contributed by atoms with Crippen molar-refractivity contribution in [3.63, 3.8) is 0 Å². The highest BCUT2D eigenvalue weighted by atomic mass is 32.1. The van der Waals surface area contributed by atoms with E-state index in [2.05, 4.69) is 169 Å². The Morgan fingerprint density at radius 2 is 0.885 bits per heavy atom. The highest BCUT2D eigenvalue weighted by Gasteiger charge is 2.19. The molecule has 2 nitrogen and oxygen atoms in total. The largest absolute Gasteiger partial charge is 0.456 e. The van der Waals surface area contributed by atoms with Gasteiger partial charge in [0.2, 0.25) is 0 Å². The third-order valence-corrected chi connectivity index (χ3v) is 12.6. The molecule has 52 heavy (non-hydrogen) atoms. The molecule has 0 bridgehead atoms. The molecule has 0 saturated carbocycles. The van der Waals surface area contributed by atoms with Crippen molar-refractivity contribution in [3.8, 4) is 22.3 Å². The number of hydrogen-bond donors (Lipinski definition) is 0. The molecule has 0 unspecified atom stereocenters. The number of nitrogens with zero attached hydrogens (tertiary/aromatic N) is 1. The first-order valence-electron chi connectivity index (χ1n) is 17.5. The van der Waals surface area contributed by atoms with Gasteiger partial charge in [-0.3, -0.25) is 0 Å². The van der Waals surface area contributed by atoms with E-state index >= 15 is 0 Å². The molecule has 0 radical (unpaired) electrons. The maximum absolute atomic E-state index is 6.23. The van der Waals surface area contributed by atoms with Crippen LogP contribution in [0.5, 0.6) is 0 Å². The van der Waals surface area contributed by atoms with Crippen LogP contribution in [0.3, 0.4) is 0 Å². The summed E-state index contributed by atoms with van der Waals surface area (Å²) >= 11 is 3.71. The first-order chi connectivity index (χ1) is 25.7. The average Bonchev–Trinajstić information content (AvgIpc) is 3.89. The summed E-state index contributed by atoms with van der Waals surface area (Å²) in [6.07, 6.45) is 0. The van der Waals surface area contributed by atoms with Gasteiger partial charge in [0.05, 0.1) is 5.69 Å². The van der Waals surface area contributed by atoms with Crippen molar-refractivity contribution in [2.75, 3.05) is 4.90 Å². The van der Waals surface area contributed by atoms with E-state index in [4.69, 9.17) is 4.42 Å². The third kappa shape index (κ3) is 4.69. The quantitative estimate of drug-likeness (QED) is 0.178. The van der Waals surface area contributed by atoms with Crippen LogP contribution in [0, 0.1) is 0 Å². The maximum Gasteiger partial charge on any atom is 0.136 e. The molecule has 8 aromatic carbocycles. The Labute approximate surface area is 308 Å². The zero-order valence-electron chi connectivity index (χ0n) is 27.9. The fraction of sp³-hybridized carbons (Fsp3) is 0. The molecular weight excluding hydrogens is 671 g/mol. The van der Waals surface area contributed by atoms with Gasteiger partial charge in [-0.05, 0) is 101 Å². The van der Waals surface area contributed by atoms with Crippen molar-refractivity contribution in [1.82, 2.24) is 0 Å². The van der Waals surface area contributed by atoms with E-state index in [1.165, 1.54) is 57.2 Å². The van der Waals surface area contributed by atoms with Crippen LogP contribution in [0.2, 0.25) is 0 Å². The first-order valence-corrected chi connectivity index (χ1v) is 19.1. The Hall–Kier alpha value is -6.20. The van der Waals surface area contributed by atoms with E-state index in [0.717, 1.165) is 44.4 Å². The average molecular weight is 700 g/mol. The summed E-state index contributed by atoms with van der Waals surface area (Å²) in [5, 5.41) is 7.50. The zero-order valence-corrected chi connectivity index (χ0v) is 29.5. The Balaban J connectivity index is 1.03. The molecule has 0 amide bonds. The van der Waals surface area contributed by atoms with Crippen LogP contribution in [0.15, 0.2) is 180 Å². The van der Waals surface area contributed by atoms with Crippen LogP contribution in [0.4, 0.5) is 17.1 Å². The molecule has 11 aromatic rings. The lowest BCUT2D eigenvalue weighted by Gasteiger charge is -2.27. The van der Waals surface area contributed by atoms with Gasteiger partial charge in [-0.2, -0.15) is 0 Å². The minimum Gasteiger partial charge on any atom is -0.456 e. The highest BCUT2D eigenvalue weighted by molar-refractivity contribution is 7.26. The Morgan fingerprint density at radius 3 is 1.65 bits per heavy atom. The predicted molar refractivity (Wildman–Crippen MR) is 225 cm³/mol. The molecule has 4 heteroatoms. The lowest BCUT2D eigenvalue weighted by Crippen LogP contribution is -2.10. The first kappa shape index (κ1) is 29.5. The maximum atomic E-state index is 6.23. The van der Waals surface area contributed by atoms with Gasteiger partial charge >= 0.3 is 0 Å². The normalized spacial score (nSPS) is 11.8. The molecule has 0 fully saturated rings. The third-order valence-electron chi connectivity index (χ3n) is 10.3. The standard InChI is InChI=1S/C48H29NOS2/c1-4-12-42-36(8-1)37-26-20-33(29-43(37)50-42)31-18-24-35(25-19-31)49(41-11-7-15-47-48(41)39-10-3-6-14-45(39)52-47)34-22-16-30(17-23-34)32-21-27-46-40(28-32)38-9-2-5-13-44(38)51-46/h1-29H. The lowest BCUT2D eigenvalue weighted by molar-refractivity contribution is 0.669. The van der Waals surface area contributed by atoms with Gasteiger partial charge in [0.15, 0.2) is 0 Å². The number of rotatable bonds is 5. The van der Waals surface area contributed by atoms with Gasteiger partial charge in [-0.25, -0.2) is 0 Å². The van der Waals surface area contributed by atoms with E-state index < -0.39 is 0 Å². The van der Waals surface area contributed by atoms with Gasteiger partial charge in [0.25, 0.3) is 0 Å². The fourth-order valence-corrected chi connectivity index (χ4v) is 10.00. The smallest absolute Gasteiger partial charge is 0.136 e. The van der Waals surface area contributed by atoms with Crippen molar-refractivity contribution in [2.45, 2.75) is 0 Å². The Kier molecular flexibility index (Phi) is 6.63. The van der Waals surface area contributed by atoms with Crippen LogP contribution in [0.25, 0.3) is 84.5 Å². The van der Waals surface area contributed by atoms with E-state index in [1.807, 2.05) is 34.8 Å². The summed E-state index contributed by atoms with van der Waals surface area (Å²) in [7, 11) is 0. The van der Waals surface area contributed by atoms with Crippen LogP contribution < -0.4 is 4.90 Å². The van der Waals surface area contributed by atoms with Crippen molar-refractivity contribution < 1.29 is 4.42 Å². The predicted octanol–water partition coefficient (Wildman–Crippen LogP) is 15.1. The summed E-state index contributed by atoms with van der Waals surface area (Å²) < 4.78 is 11.5. The van der Waals surface area contributed by atoms with Crippen LogP contribution >= 0.6 is 22.7 Å². The number of fused-ring (bicyclic) bond motifs is 9. The molecule has 244 valence electrons. The molecule has 3 aromatic heterocycles. The van der Waals surface area contributed by atoms with E-state index in [0.29, 0.717) is 0 Å². The Bertz CT molecular complexity index is 3130. The molecule has 0 N–H and O–H groups in total. The molecule has 3 heterocycles.